The van der Waals surface area contributed by atoms with E-state index >= 15 is 0 Å². The third-order valence-electron chi connectivity index (χ3n) is 11.4. The second kappa shape index (κ2) is 12.8. The van der Waals surface area contributed by atoms with Crippen LogP contribution in [-0.2, 0) is 0 Å². The summed E-state index contributed by atoms with van der Waals surface area (Å²) < 4.78 is 15.6. The SMILES string of the molecule is c1ccc(-c2nc3cccc(-c4ccccc4N(c4ccc5c(c4)oc4ccccc45)c4cc5c(c6ccccc46)c4ccccc4n5-c4ccccc4)c3o2)cc1. The number of fused-ring (bicyclic) bond motifs is 9. The van der Waals surface area contributed by atoms with Gasteiger partial charge in [-0.3, -0.25) is 0 Å². The third-order valence-corrected chi connectivity index (χ3v) is 11.4. The fourth-order valence-electron chi connectivity index (χ4n) is 8.87. The van der Waals surface area contributed by atoms with Crippen molar-refractivity contribution < 1.29 is 8.83 Å². The molecule has 0 aliphatic carbocycles. The Hall–Kier alpha value is -7.89. The smallest absolute Gasteiger partial charge is 0.227 e. The van der Waals surface area contributed by atoms with Crippen molar-refractivity contribution in [2.45, 2.75) is 0 Å². The second-order valence-electron chi connectivity index (χ2n) is 14.7. The number of benzene rings is 9. The summed E-state index contributed by atoms with van der Waals surface area (Å²) in [6.07, 6.45) is 0. The first kappa shape index (κ1) is 32.4. The molecule has 0 saturated heterocycles. The molecule has 9 aromatic carbocycles. The lowest BCUT2D eigenvalue weighted by Gasteiger charge is -2.29. The summed E-state index contributed by atoms with van der Waals surface area (Å²) in [6.45, 7) is 0. The average molecular weight is 744 g/mol. The van der Waals surface area contributed by atoms with Crippen LogP contribution in [0.1, 0.15) is 0 Å². The summed E-state index contributed by atoms with van der Waals surface area (Å²) in [6, 6.07) is 70.3. The molecule has 5 heteroatoms. The Labute approximate surface area is 333 Å². The van der Waals surface area contributed by atoms with Gasteiger partial charge in [0.2, 0.25) is 5.89 Å². The summed E-state index contributed by atoms with van der Waals surface area (Å²) in [4.78, 5) is 7.35. The van der Waals surface area contributed by atoms with Crippen LogP contribution in [0.25, 0.3) is 93.9 Å². The van der Waals surface area contributed by atoms with E-state index < -0.39 is 0 Å². The van der Waals surface area contributed by atoms with E-state index in [-0.39, 0.29) is 0 Å². The molecular weight excluding hydrogens is 711 g/mol. The van der Waals surface area contributed by atoms with Gasteiger partial charge in [-0.1, -0.05) is 127 Å². The van der Waals surface area contributed by atoms with Crippen molar-refractivity contribution in [2.75, 3.05) is 4.90 Å². The average Bonchev–Trinajstić information content (AvgIpc) is 3.99. The van der Waals surface area contributed by atoms with Crippen LogP contribution in [0.4, 0.5) is 17.1 Å². The van der Waals surface area contributed by atoms with Gasteiger partial charge >= 0.3 is 0 Å². The Morgan fingerprint density at radius 1 is 0.431 bits per heavy atom. The first-order valence-electron chi connectivity index (χ1n) is 19.5. The van der Waals surface area contributed by atoms with Gasteiger partial charge in [0, 0.05) is 61.1 Å². The van der Waals surface area contributed by atoms with E-state index in [0.29, 0.717) is 5.89 Å². The molecule has 0 N–H and O–H groups in total. The van der Waals surface area contributed by atoms with Crippen LogP contribution in [0.15, 0.2) is 209 Å². The highest BCUT2D eigenvalue weighted by atomic mass is 16.3. The fraction of sp³-hybridized carbons (Fsp3) is 0. The van der Waals surface area contributed by atoms with Gasteiger partial charge in [0.1, 0.15) is 16.7 Å². The largest absolute Gasteiger partial charge is 0.456 e. The molecule has 0 amide bonds. The summed E-state index contributed by atoms with van der Waals surface area (Å²) in [5, 5.41) is 6.93. The number of oxazole rings is 1. The highest BCUT2D eigenvalue weighted by molar-refractivity contribution is 6.25. The lowest BCUT2D eigenvalue weighted by Crippen LogP contribution is -2.12. The molecule has 12 rings (SSSR count). The quantitative estimate of drug-likeness (QED) is 0.170. The van der Waals surface area contributed by atoms with Gasteiger partial charge in [-0.25, -0.2) is 4.98 Å². The monoisotopic (exact) mass is 743 g/mol. The third kappa shape index (κ3) is 4.93. The number of para-hydroxylation sites is 5. The summed E-state index contributed by atoms with van der Waals surface area (Å²) in [5.74, 6) is 0.595. The minimum Gasteiger partial charge on any atom is -0.456 e. The Balaban J connectivity index is 1.18. The van der Waals surface area contributed by atoms with Gasteiger partial charge in [0.05, 0.1) is 22.4 Å². The van der Waals surface area contributed by atoms with Crippen molar-refractivity contribution in [1.82, 2.24) is 9.55 Å². The van der Waals surface area contributed by atoms with Gasteiger partial charge in [0.15, 0.2) is 5.58 Å². The van der Waals surface area contributed by atoms with Crippen LogP contribution in [0.3, 0.4) is 0 Å². The van der Waals surface area contributed by atoms with Crippen molar-refractivity contribution in [3.8, 4) is 28.3 Å². The summed E-state index contributed by atoms with van der Waals surface area (Å²) >= 11 is 0. The topological polar surface area (TPSA) is 47.3 Å². The molecule has 0 spiro atoms. The van der Waals surface area contributed by atoms with Crippen molar-refractivity contribution in [3.63, 3.8) is 0 Å². The van der Waals surface area contributed by atoms with Crippen molar-refractivity contribution >= 4 is 82.7 Å². The number of nitrogens with zero attached hydrogens (tertiary/aromatic N) is 3. The molecule has 5 nitrogen and oxygen atoms in total. The lowest BCUT2D eigenvalue weighted by atomic mass is 9.98. The number of aromatic nitrogens is 2. The predicted octanol–water partition coefficient (Wildman–Crippen LogP) is 14.8. The van der Waals surface area contributed by atoms with E-state index in [9.17, 15) is 0 Å². The Morgan fingerprint density at radius 3 is 1.97 bits per heavy atom. The zero-order valence-corrected chi connectivity index (χ0v) is 31.2. The molecule has 0 aliphatic heterocycles. The molecule has 0 radical (unpaired) electrons. The zero-order valence-electron chi connectivity index (χ0n) is 31.2. The molecule has 0 aliphatic rings. The van der Waals surface area contributed by atoms with Crippen LogP contribution < -0.4 is 4.90 Å². The van der Waals surface area contributed by atoms with Crippen molar-refractivity contribution in [2.24, 2.45) is 0 Å². The number of furan rings is 1. The van der Waals surface area contributed by atoms with Crippen LogP contribution in [-0.4, -0.2) is 9.55 Å². The van der Waals surface area contributed by atoms with E-state index in [1.807, 2.05) is 48.5 Å². The first-order valence-corrected chi connectivity index (χ1v) is 19.5. The predicted molar refractivity (Wildman–Crippen MR) is 239 cm³/mol. The molecule has 3 heterocycles. The van der Waals surface area contributed by atoms with Crippen LogP contribution in [0.5, 0.6) is 0 Å². The van der Waals surface area contributed by atoms with E-state index in [1.54, 1.807) is 0 Å². The van der Waals surface area contributed by atoms with E-state index in [0.717, 1.165) is 88.9 Å². The molecule has 58 heavy (non-hydrogen) atoms. The van der Waals surface area contributed by atoms with E-state index in [4.69, 9.17) is 13.8 Å². The zero-order chi connectivity index (χ0) is 38.2. The number of hydrogen-bond donors (Lipinski definition) is 0. The van der Waals surface area contributed by atoms with Gasteiger partial charge in [-0.15, -0.1) is 0 Å². The first-order chi connectivity index (χ1) is 28.8. The molecule has 272 valence electrons. The highest BCUT2D eigenvalue weighted by Gasteiger charge is 2.25. The molecule has 0 atom stereocenters. The number of hydrogen-bond acceptors (Lipinski definition) is 4. The summed E-state index contributed by atoms with van der Waals surface area (Å²) in [7, 11) is 0. The van der Waals surface area contributed by atoms with Crippen molar-refractivity contribution in [3.05, 3.63) is 200 Å². The minimum absolute atomic E-state index is 0.595. The standard InChI is InChI=1S/C53H33N3O2/c1-3-16-34(17-4-1)53-54-44-26-15-25-42(52(44)58-53)38-21-9-12-27-45(38)56(36-30-31-40-39-22-11-14-29-49(39)57-50(40)32-36)47-33-48-51(41-23-8-7-20-37(41)47)43-24-10-13-28-46(43)55(48)35-18-5-2-6-19-35/h1-33H. The molecule has 12 aromatic rings. The van der Waals surface area contributed by atoms with Gasteiger partial charge in [0.25, 0.3) is 0 Å². The molecular formula is C53H33N3O2. The van der Waals surface area contributed by atoms with Crippen LogP contribution >= 0.6 is 0 Å². The van der Waals surface area contributed by atoms with Crippen LogP contribution in [0.2, 0.25) is 0 Å². The number of anilines is 3. The summed E-state index contributed by atoms with van der Waals surface area (Å²) in [5.41, 5.74) is 12.6. The van der Waals surface area contributed by atoms with Gasteiger partial charge < -0.3 is 18.3 Å². The highest BCUT2D eigenvalue weighted by Crippen LogP contribution is 2.49. The maximum Gasteiger partial charge on any atom is 0.227 e. The molecule has 0 bridgehead atoms. The molecule has 0 unspecified atom stereocenters. The second-order valence-corrected chi connectivity index (χ2v) is 14.7. The minimum atomic E-state index is 0.595. The molecule has 3 aromatic heterocycles. The molecule has 0 saturated carbocycles. The molecule has 0 fully saturated rings. The Morgan fingerprint density at radius 2 is 1.10 bits per heavy atom. The maximum atomic E-state index is 6.66. The van der Waals surface area contributed by atoms with Crippen LogP contribution in [0, 0.1) is 0 Å². The van der Waals surface area contributed by atoms with Gasteiger partial charge in [-0.05, 0) is 72.1 Å². The fourth-order valence-corrected chi connectivity index (χ4v) is 8.87. The van der Waals surface area contributed by atoms with Crippen molar-refractivity contribution in [1.29, 1.82) is 0 Å². The normalized spacial score (nSPS) is 11.8. The maximum absolute atomic E-state index is 6.66. The Bertz CT molecular complexity index is 3520. The van der Waals surface area contributed by atoms with Gasteiger partial charge in [-0.2, -0.15) is 0 Å². The van der Waals surface area contributed by atoms with E-state index in [2.05, 4.69) is 161 Å². The number of rotatable bonds is 6. The Kier molecular flexibility index (Phi) is 7.16. The van der Waals surface area contributed by atoms with E-state index in [1.165, 1.54) is 16.2 Å². The lowest BCUT2D eigenvalue weighted by molar-refractivity contribution is 0.621.